The summed E-state index contributed by atoms with van der Waals surface area (Å²) in [6.07, 6.45) is 5.96. The molecule has 0 saturated heterocycles. The Morgan fingerprint density at radius 2 is 2.17 bits per heavy atom. The van der Waals surface area contributed by atoms with Gasteiger partial charge in [-0.3, -0.25) is 4.79 Å². The predicted molar refractivity (Wildman–Crippen MR) is 83.1 cm³/mol. The second-order valence-corrected chi connectivity index (χ2v) is 5.68. The third-order valence-corrected chi connectivity index (χ3v) is 3.87. The van der Waals surface area contributed by atoms with Gasteiger partial charge in [-0.2, -0.15) is 8.78 Å². The van der Waals surface area contributed by atoms with Gasteiger partial charge in [0.1, 0.15) is 5.75 Å². The molecule has 1 saturated carbocycles. The molecule has 1 aromatic rings. The minimum Gasteiger partial charge on any atom is -0.434 e. The van der Waals surface area contributed by atoms with Crippen LogP contribution >= 0.6 is 0 Å². The Balaban J connectivity index is 1.86. The lowest BCUT2D eigenvalue weighted by Crippen LogP contribution is -2.32. The van der Waals surface area contributed by atoms with E-state index in [0.29, 0.717) is 18.5 Å². The number of para-hydroxylation sites is 1. The third-order valence-electron chi connectivity index (χ3n) is 3.87. The summed E-state index contributed by atoms with van der Waals surface area (Å²) in [5.74, 6) is 0.0180. The van der Waals surface area contributed by atoms with Gasteiger partial charge < -0.3 is 15.2 Å². The fraction of sp³-hybridized carbons (Fsp3) is 0.471. The van der Waals surface area contributed by atoms with Crippen LogP contribution in [0.15, 0.2) is 30.3 Å². The average molecular weight is 325 g/mol. The van der Waals surface area contributed by atoms with Crippen molar-refractivity contribution in [2.45, 2.75) is 38.4 Å². The van der Waals surface area contributed by atoms with Crippen molar-refractivity contribution in [3.05, 3.63) is 35.9 Å². The minimum absolute atomic E-state index is 0.0296. The molecule has 1 amide bonds. The maximum Gasteiger partial charge on any atom is 0.387 e. The van der Waals surface area contributed by atoms with E-state index < -0.39 is 6.61 Å². The van der Waals surface area contributed by atoms with Crippen LogP contribution in [0.1, 0.15) is 31.2 Å². The highest BCUT2D eigenvalue weighted by Crippen LogP contribution is 2.23. The molecule has 0 aliphatic heterocycles. The van der Waals surface area contributed by atoms with E-state index in [9.17, 15) is 18.7 Å². The monoisotopic (exact) mass is 325 g/mol. The van der Waals surface area contributed by atoms with Crippen LogP contribution in [0.2, 0.25) is 0 Å². The highest BCUT2D eigenvalue weighted by atomic mass is 19.3. The number of benzene rings is 1. The number of alkyl halides is 2. The molecule has 0 spiro atoms. The SMILES string of the molecule is O=C(C=Cc1ccccc1OC(F)F)NCC1CCCC(O)C1. The first-order chi connectivity index (χ1) is 11.0. The van der Waals surface area contributed by atoms with Gasteiger partial charge >= 0.3 is 6.61 Å². The second-order valence-electron chi connectivity index (χ2n) is 5.68. The first kappa shape index (κ1) is 17.4. The fourth-order valence-electron chi connectivity index (χ4n) is 2.74. The molecule has 4 nitrogen and oxygen atoms in total. The number of nitrogens with one attached hydrogen (secondary N) is 1. The van der Waals surface area contributed by atoms with Crippen molar-refractivity contribution in [2.75, 3.05) is 6.54 Å². The van der Waals surface area contributed by atoms with E-state index in [4.69, 9.17) is 0 Å². The van der Waals surface area contributed by atoms with Crippen LogP contribution in [0.25, 0.3) is 6.08 Å². The van der Waals surface area contributed by atoms with Crippen LogP contribution in [-0.4, -0.2) is 30.3 Å². The first-order valence-electron chi connectivity index (χ1n) is 7.72. The number of hydrogen-bond donors (Lipinski definition) is 2. The van der Waals surface area contributed by atoms with E-state index in [0.717, 1.165) is 19.3 Å². The summed E-state index contributed by atoms with van der Waals surface area (Å²) in [7, 11) is 0. The van der Waals surface area contributed by atoms with Crippen molar-refractivity contribution in [2.24, 2.45) is 5.92 Å². The van der Waals surface area contributed by atoms with E-state index in [1.54, 1.807) is 18.2 Å². The number of hydrogen-bond acceptors (Lipinski definition) is 3. The zero-order valence-corrected chi connectivity index (χ0v) is 12.8. The normalized spacial score (nSPS) is 21.6. The number of aliphatic hydroxyl groups excluding tert-OH is 1. The zero-order valence-electron chi connectivity index (χ0n) is 12.8. The Bertz CT molecular complexity index is 548. The lowest BCUT2D eigenvalue weighted by Gasteiger charge is -2.25. The number of amides is 1. The molecule has 0 bridgehead atoms. The van der Waals surface area contributed by atoms with Crippen molar-refractivity contribution >= 4 is 12.0 Å². The summed E-state index contributed by atoms with van der Waals surface area (Å²) in [5, 5.41) is 12.4. The molecule has 2 unspecified atom stereocenters. The van der Waals surface area contributed by atoms with Gasteiger partial charge in [-0.15, -0.1) is 0 Å². The summed E-state index contributed by atoms with van der Waals surface area (Å²) in [5.41, 5.74) is 0.413. The van der Waals surface area contributed by atoms with E-state index in [1.807, 2.05) is 0 Å². The molecule has 0 radical (unpaired) electrons. The van der Waals surface area contributed by atoms with Crippen molar-refractivity contribution in [3.63, 3.8) is 0 Å². The lowest BCUT2D eigenvalue weighted by molar-refractivity contribution is -0.116. The van der Waals surface area contributed by atoms with E-state index in [2.05, 4.69) is 10.1 Å². The standard InChI is InChI=1S/C17H21F2NO3/c18-17(19)23-15-7-2-1-5-13(15)8-9-16(22)20-11-12-4-3-6-14(21)10-12/h1-2,5,7-9,12,14,17,21H,3-4,6,10-11H2,(H,20,22). The topological polar surface area (TPSA) is 58.6 Å². The molecule has 2 N–H and O–H groups in total. The summed E-state index contributed by atoms with van der Waals surface area (Å²) < 4.78 is 29.0. The second kappa shape index (κ2) is 8.62. The third kappa shape index (κ3) is 5.98. The van der Waals surface area contributed by atoms with Gasteiger partial charge in [0.2, 0.25) is 5.91 Å². The van der Waals surface area contributed by atoms with Crippen molar-refractivity contribution in [1.29, 1.82) is 0 Å². The Hall–Kier alpha value is -1.95. The first-order valence-corrected chi connectivity index (χ1v) is 7.72. The fourth-order valence-corrected chi connectivity index (χ4v) is 2.74. The maximum atomic E-state index is 12.3. The number of halogens is 2. The summed E-state index contributed by atoms with van der Waals surface area (Å²) in [6.45, 7) is -2.40. The number of carbonyl (C=O) groups is 1. The number of ether oxygens (including phenoxy) is 1. The highest BCUT2D eigenvalue weighted by Gasteiger charge is 2.20. The Kier molecular flexibility index (Phi) is 6.52. The molecular weight excluding hydrogens is 304 g/mol. The lowest BCUT2D eigenvalue weighted by atomic mass is 9.87. The summed E-state index contributed by atoms with van der Waals surface area (Å²) >= 11 is 0. The largest absolute Gasteiger partial charge is 0.434 e. The predicted octanol–water partition coefficient (Wildman–Crippen LogP) is 2.97. The molecule has 0 aromatic heterocycles. The molecular formula is C17H21F2NO3. The van der Waals surface area contributed by atoms with Gasteiger partial charge in [0.05, 0.1) is 6.10 Å². The van der Waals surface area contributed by atoms with E-state index in [1.165, 1.54) is 18.2 Å². The van der Waals surface area contributed by atoms with Gasteiger partial charge in [0.25, 0.3) is 0 Å². The molecule has 2 atom stereocenters. The Morgan fingerprint density at radius 1 is 1.39 bits per heavy atom. The molecule has 1 aliphatic rings. The molecule has 0 heterocycles. The van der Waals surface area contributed by atoms with Crippen LogP contribution in [0.5, 0.6) is 5.75 Å². The van der Waals surface area contributed by atoms with Crippen LogP contribution < -0.4 is 10.1 Å². The Labute approximate surface area is 134 Å². The Morgan fingerprint density at radius 3 is 2.91 bits per heavy atom. The summed E-state index contributed by atoms with van der Waals surface area (Å²) in [4.78, 5) is 11.8. The average Bonchev–Trinajstić information content (AvgIpc) is 2.51. The van der Waals surface area contributed by atoms with Crippen molar-refractivity contribution in [3.8, 4) is 5.75 Å². The molecule has 1 aliphatic carbocycles. The van der Waals surface area contributed by atoms with E-state index >= 15 is 0 Å². The maximum absolute atomic E-state index is 12.3. The van der Waals surface area contributed by atoms with Crippen molar-refractivity contribution < 1.29 is 23.4 Å². The molecule has 1 fully saturated rings. The number of carbonyl (C=O) groups excluding carboxylic acids is 1. The van der Waals surface area contributed by atoms with Crippen LogP contribution in [-0.2, 0) is 4.79 Å². The molecule has 2 rings (SSSR count). The van der Waals surface area contributed by atoms with Gasteiger partial charge in [0.15, 0.2) is 0 Å². The zero-order chi connectivity index (χ0) is 16.7. The van der Waals surface area contributed by atoms with Crippen LogP contribution in [0, 0.1) is 5.92 Å². The van der Waals surface area contributed by atoms with Gasteiger partial charge in [0, 0.05) is 18.2 Å². The summed E-state index contributed by atoms with van der Waals surface area (Å²) in [6, 6.07) is 6.29. The minimum atomic E-state index is -2.91. The quantitative estimate of drug-likeness (QED) is 0.791. The molecule has 6 heteroatoms. The highest BCUT2D eigenvalue weighted by molar-refractivity contribution is 5.92. The number of rotatable bonds is 6. The van der Waals surface area contributed by atoms with Gasteiger partial charge in [-0.05, 0) is 37.3 Å². The van der Waals surface area contributed by atoms with Gasteiger partial charge in [-0.1, -0.05) is 24.6 Å². The van der Waals surface area contributed by atoms with E-state index in [-0.39, 0.29) is 23.7 Å². The van der Waals surface area contributed by atoms with Crippen LogP contribution in [0.3, 0.4) is 0 Å². The molecule has 23 heavy (non-hydrogen) atoms. The number of aliphatic hydroxyl groups is 1. The smallest absolute Gasteiger partial charge is 0.387 e. The van der Waals surface area contributed by atoms with Crippen molar-refractivity contribution in [1.82, 2.24) is 5.32 Å². The molecule has 126 valence electrons. The molecule has 1 aromatic carbocycles. The van der Waals surface area contributed by atoms with Crippen LogP contribution in [0.4, 0.5) is 8.78 Å². The van der Waals surface area contributed by atoms with Gasteiger partial charge in [-0.25, -0.2) is 0 Å².